The predicted octanol–water partition coefficient (Wildman–Crippen LogP) is 0.456. The fourth-order valence-corrected chi connectivity index (χ4v) is 2.30. The predicted molar refractivity (Wildman–Crippen MR) is 60.7 cm³/mol. The van der Waals surface area contributed by atoms with Gasteiger partial charge in [-0.05, 0) is 31.7 Å². The van der Waals surface area contributed by atoms with Gasteiger partial charge in [0.1, 0.15) is 12.2 Å². The van der Waals surface area contributed by atoms with Gasteiger partial charge in [-0.1, -0.05) is 6.42 Å². The standard InChI is InChI=1S/C11H20N4O/c1-15-8-13-14-11(15)7-12-6-9-3-2-4-10(16)5-9/h8-10,12,16H,2-7H2,1H3. The van der Waals surface area contributed by atoms with Crippen LogP contribution in [0.4, 0.5) is 0 Å². The van der Waals surface area contributed by atoms with E-state index >= 15 is 0 Å². The number of hydrogen-bond donors (Lipinski definition) is 2. The highest BCUT2D eigenvalue weighted by Crippen LogP contribution is 2.23. The molecule has 1 aliphatic carbocycles. The van der Waals surface area contributed by atoms with Gasteiger partial charge in [0.2, 0.25) is 0 Å². The second-order valence-corrected chi connectivity index (χ2v) is 4.68. The first-order valence-electron chi connectivity index (χ1n) is 5.97. The van der Waals surface area contributed by atoms with Crippen LogP contribution in [0.1, 0.15) is 31.5 Å². The van der Waals surface area contributed by atoms with Crippen molar-refractivity contribution in [1.82, 2.24) is 20.1 Å². The smallest absolute Gasteiger partial charge is 0.146 e. The Kier molecular flexibility index (Phi) is 3.90. The molecule has 5 heteroatoms. The first kappa shape index (κ1) is 11.5. The number of nitrogens with one attached hydrogen (secondary N) is 1. The minimum Gasteiger partial charge on any atom is -0.393 e. The molecule has 2 rings (SSSR count). The molecule has 0 amide bonds. The van der Waals surface area contributed by atoms with Gasteiger partial charge >= 0.3 is 0 Å². The number of aliphatic hydroxyl groups excluding tert-OH is 1. The molecule has 2 atom stereocenters. The van der Waals surface area contributed by atoms with Crippen molar-refractivity contribution in [3.8, 4) is 0 Å². The lowest BCUT2D eigenvalue weighted by Gasteiger charge is -2.25. The van der Waals surface area contributed by atoms with Crippen molar-refractivity contribution < 1.29 is 5.11 Å². The Labute approximate surface area is 95.9 Å². The zero-order valence-corrected chi connectivity index (χ0v) is 9.76. The summed E-state index contributed by atoms with van der Waals surface area (Å²) in [5, 5.41) is 20.8. The third kappa shape index (κ3) is 3.02. The maximum Gasteiger partial charge on any atom is 0.146 e. The van der Waals surface area contributed by atoms with Gasteiger partial charge in [-0.3, -0.25) is 0 Å². The number of aryl methyl sites for hydroxylation is 1. The third-order valence-electron chi connectivity index (χ3n) is 3.28. The Balaban J connectivity index is 1.70. The largest absolute Gasteiger partial charge is 0.393 e. The molecule has 1 aliphatic rings. The van der Waals surface area contributed by atoms with E-state index in [-0.39, 0.29) is 6.10 Å². The van der Waals surface area contributed by atoms with Gasteiger partial charge in [0.25, 0.3) is 0 Å². The molecule has 2 N–H and O–H groups in total. The van der Waals surface area contributed by atoms with Crippen molar-refractivity contribution in [2.24, 2.45) is 13.0 Å². The van der Waals surface area contributed by atoms with Crippen LogP contribution in [-0.2, 0) is 13.6 Å². The lowest BCUT2D eigenvalue weighted by molar-refractivity contribution is 0.100. The Hall–Kier alpha value is -0.940. The Morgan fingerprint density at radius 1 is 1.56 bits per heavy atom. The molecular formula is C11H20N4O. The molecule has 0 saturated heterocycles. The maximum absolute atomic E-state index is 9.55. The SMILES string of the molecule is Cn1cnnc1CNCC1CCCC(O)C1. The Morgan fingerprint density at radius 3 is 3.12 bits per heavy atom. The lowest BCUT2D eigenvalue weighted by atomic mass is 9.87. The van der Waals surface area contributed by atoms with Crippen LogP contribution in [0.5, 0.6) is 0 Å². The fraction of sp³-hybridized carbons (Fsp3) is 0.818. The van der Waals surface area contributed by atoms with Crippen LogP contribution in [0.2, 0.25) is 0 Å². The molecule has 5 nitrogen and oxygen atoms in total. The highest BCUT2D eigenvalue weighted by molar-refractivity contribution is 4.83. The quantitative estimate of drug-likeness (QED) is 0.779. The van der Waals surface area contributed by atoms with Crippen LogP contribution in [-0.4, -0.2) is 32.5 Å². The minimum atomic E-state index is -0.0876. The topological polar surface area (TPSA) is 63.0 Å². The minimum absolute atomic E-state index is 0.0876. The average Bonchev–Trinajstić information content (AvgIpc) is 2.65. The number of aromatic nitrogens is 3. The number of aliphatic hydroxyl groups is 1. The van der Waals surface area contributed by atoms with Crippen LogP contribution in [0.3, 0.4) is 0 Å². The van der Waals surface area contributed by atoms with Crippen LogP contribution >= 0.6 is 0 Å². The van der Waals surface area contributed by atoms with Crippen LogP contribution in [0, 0.1) is 5.92 Å². The highest BCUT2D eigenvalue weighted by atomic mass is 16.3. The first-order valence-corrected chi connectivity index (χ1v) is 5.97. The van der Waals surface area contributed by atoms with Gasteiger partial charge in [-0.25, -0.2) is 0 Å². The highest BCUT2D eigenvalue weighted by Gasteiger charge is 2.19. The van der Waals surface area contributed by atoms with Crippen molar-refractivity contribution in [2.75, 3.05) is 6.54 Å². The van der Waals surface area contributed by atoms with Gasteiger partial charge in [-0.15, -0.1) is 10.2 Å². The van der Waals surface area contributed by atoms with E-state index in [0.717, 1.165) is 38.2 Å². The molecule has 1 aromatic heterocycles. The molecule has 0 aromatic carbocycles. The van der Waals surface area contributed by atoms with Crippen molar-refractivity contribution in [2.45, 2.75) is 38.3 Å². The summed E-state index contributed by atoms with van der Waals surface area (Å²) in [4.78, 5) is 0. The van der Waals surface area contributed by atoms with Crippen LogP contribution in [0.25, 0.3) is 0 Å². The summed E-state index contributed by atoms with van der Waals surface area (Å²) in [5.74, 6) is 1.56. The summed E-state index contributed by atoms with van der Waals surface area (Å²) >= 11 is 0. The van der Waals surface area contributed by atoms with Crippen molar-refractivity contribution >= 4 is 0 Å². The number of hydrogen-bond acceptors (Lipinski definition) is 4. The molecular weight excluding hydrogens is 204 g/mol. The van der Waals surface area contributed by atoms with E-state index < -0.39 is 0 Å². The number of rotatable bonds is 4. The molecule has 1 aromatic rings. The molecule has 0 radical (unpaired) electrons. The van der Waals surface area contributed by atoms with Gasteiger partial charge < -0.3 is 15.0 Å². The molecule has 90 valence electrons. The fourth-order valence-electron chi connectivity index (χ4n) is 2.30. The van der Waals surface area contributed by atoms with Gasteiger partial charge in [-0.2, -0.15) is 0 Å². The summed E-state index contributed by atoms with van der Waals surface area (Å²) < 4.78 is 1.92. The zero-order valence-electron chi connectivity index (χ0n) is 9.76. The van der Waals surface area contributed by atoms with Gasteiger partial charge in [0.05, 0.1) is 12.6 Å². The van der Waals surface area contributed by atoms with E-state index in [9.17, 15) is 5.11 Å². The second kappa shape index (κ2) is 5.41. The van der Waals surface area contributed by atoms with Crippen LogP contribution in [0.15, 0.2) is 6.33 Å². The average molecular weight is 224 g/mol. The number of nitrogens with zero attached hydrogens (tertiary/aromatic N) is 3. The van der Waals surface area contributed by atoms with E-state index in [0.29, 0.717) is 5.92 Å². The molecule has 16 heavy (non-hydrogen) atoms. The van der Waals surface area contributed by atoms with E-state index in [1.54, 1.807) is 6.33 Å². The molecule has 2 unspecified atom stereocenters. The van der Waals surface area contributed by atoms with Gasteiger partial charge in [0, 0.05) is 7.05 Å². The van der Waals surface area contributed by atoms with E-state index in [1.807, 2.05) is 11.6 Å². The van der Waals surface area contributed by atoms with Gasteiger partial charge in [0.15, 0.2) is 0 Å². The third-order valence-corrected chi connectivity index (χ3v) is 3.28. The summed E-state index contributed by atoms with van der Waals surface area (Å²) in [5.41, 5.74) is 0. The normalized spacial score (nSPS) is 25.9. The Bertz CT molecular complexity index is 326. The van der Waals surface area contributed by atoms with E-state index in [2.05, 4.69) is 15.5 Å². The molecule has 0 aliphatic heterocycles. The lowest BCUT2D eigenvalue weighted by Crippen LogP contribution is -2.29. The van der Waals surface area contributed by atoms with Crippen molar-refractivity contribution in [3.63, 3.8) is 0 Å². The van der Waals surface area contributed by atoms with E-state index in [1.165, 1.54) is 6.42 Å². The maximum atomic E-state index is 9.55. The summed E-state index contributed by atoms with van der Waals surface area (Å²) in [7, 11) is 1.95. The summed E-state index contributed by atoms with van der Waals surface area (Å²) in [6, 6.07) is 0. The molecule has 0 spiro atoms. The van der Waals surface area contributed by atoms with Crippen LogP contribution < -0.4 is 5.32 Å². The molecule has 1 saturated carbocycles. The second-order valence-electron chi connectivity index (χ2n) is 4.68. The summed E-state index contributed by atoms with van der Waals surface area (Å²) in [6.07, 6.45) is 5.91. The first-order chi connectivity index (χ1) is 7.75. The van der Waals surface area contributed by atoms with Crippen molar-refractivity contribution in [1.29, 1.82) is 0 Å². The molecule has 1 heterocycles. The Morgan fingerprint density at radius 2 is 2.44 bits per heavy atom. The monoisotopic (exact) mass is 224 g/mol. The molecule has 0 bridgehead atoms. The molecule has 1 fully saturated rings. The summed E-state index contributed by atoms with van der Waals surface area (Å²) in [6.45, 7) is 1.72. The zero-order chi connectivity index (χ0) is 11.4. The van der Waals surface area contributed by atoms with Crippen molar-refractivity contribution in [3.05, 3.63) is 12.2 Å². The van der Waals surface area contributed by atoms with E-state index in [4.69, 9.17) is 0 Å².